The van der Waals surface area contributed by atoms with E-state index in [1.165, 1.54) is 5.56 Å². The zero-order valence-corrected chi connectivity index (χ0v) is 15.3. The average molecular weight is 355 g/mol. The van der Waals surface area contributed by atoms with Gasteiger partial charge in [0.15, 0.2) is 5.82 Å². The van der Waals surface area contributed by atoms with Gasteiger partial charge >= 0.3 is 0 Å². The van der Waals surface area contributed by atoms with E-state index in [-0.39, 0.29) is 5.56 Å². The Labute approximate surface area is 150 Å². The summed E-state index contributed by atoms with van der Waals surface area (Å²) in [4.78, 5) is 23.5. The van der Waals surface area contributed by atoms with Crippen molar-refractivity contribution in [2.45, 2.75) is 39.9 Å². The molecule has 0 amide bonds. The summed E-state index contributed by atoms with van der Waals surface area (Å²) in [5, 5.41) is 6.50. The van der Waals surface area contributed by atoms with Crippen LogP contribution in [0.5, 0.6) is 0 Å². The maximum absolute atomic E-state index is 12.6. The van der Waals surface area contributed by atoms with Gasteiger partial charge in [-0.15, -0.1) is 11.3 Å². The number of H-pyrrole nitrogens is 1. The minimum Gasteiger partial charge on any atom is -0.306 e. The molecule has 0 fully saturated rings. The summed E-state index contributed by atoms with van der Waals surface area (Å²) in [5.41, 5.74) is 4.01. The molecule has 4 heterocycles. The molecule has 7 heteroatoms. The predicted molar refractivity (Wildman–Crippen MR) is 98.6 cm³/mol. The van der Waals surface area contributed by atoms with Gasteiger partial charge in [-0.25, -0.2) is 4.98 Å². The van der Waals surface area contributed by atoms with Crippen molar-refractivity contribution in [2.75, 3.05) is 6.54 Å². The van der Waals surface area contributed by atoms with Gasteiger partial charge in [0.2, 0.25) is 0 Å². The third-order valence-corrected chi connectivity index (χ3v) is 5.54. The van der Waals surface area contributed by atoms with Crippen molar-refractivity contribution in [3.63, 3.8) is 0 Å². The summed E-state index contributed by atoms with van der Waals surface area (Å²) in [6, 6.07) is 3.96. The van der Waals surface area contributed by atoms with Crippen LogP contribution < -0.4 is 5.56 Å². The first-order valence-electron chi connectivity index (χ1n) is 8.55. The zero-order chi connectivity index (χ0) is 17.4. The highest BCUT2D eigenvalue weighted by molar-refractivity contribution is 7.13. The van der Waals surface area contributed by atoms with Gasteiger partial charge in [-0.2, -0.15) is 5.10 Å². The highest BCUT2D eigenvalue weighted by Crippen LogP contribution is 2.23. The SMILES string of the molecule is CCn1cc(CN2CCc3nc(-c4cccs4)[nH]c(=O)c3C2)c(C)n1. The van der Waals surface area contributed by atoms with Crippen LogP contribution in [0.25, 0.3) is 10.7 Å². The number of fused-ring (bicyclic) bond motifs is 1. The quantitative estimate of drug-likeness (QED) is 0.781. The Kier molecular flexibility index (Phi) is 4.27. The fourth-order valence-corrected chi connectivity index (χ4v) is 3.93. The molecular formula is C18H21N5OS. The summed E-state index contributed by atoms with van der Waals surface area (Å²) in [6.07, 6.45) is 2.91. The van der Waals surface area contributed by atoms with Gasteiger partial charge in [-0.1, -0.05) is 6.07 Å². The van der Waals surface area contributed by atoms with Gasteiger partial charge < -0.3 is 4.98 Å². The molecule has 25 heavy (non-hydrogen) atoms. The van der Waals surface area contributed by atoms with Crippen LogP contribution in [-0.2, 0) is 26.1 Å². The fourth-order valence-electron chi connectivity index (χ4n) is 3.26. The van der Waals surface area contributed by atoms with Crippen molar-refractivity contribution in [3.8, 4) is 10.7 Å². The Morgan fingerprint density at radius 1 is 1.40 bits per heavy atom. The zero-order valence-electron chi connectivity index (χ0n) is 14.5. The van der Waals surface area contributed by atoms with E-state index in [9.17, 15) is 4.79 Å². The van der Waals surface area contributed by atoms with Gasteiger partial charge in [-0.3, -0.25) is 14.4 Å². The van der Waals surface area contributed by atoms with E-state index in [2.05, 4.69) is 28.1 Å². The Morgan fingerprint density at radius 3 is 3.00 bits per heavy atom. The van der Waals surface area contributed by atoms with Crippen molar-refractivity contribution in [3.05, 3.63) is 56.6 Å². The third kappa shape index (κ3) is 3.17. The minimum atomic E-state index is -0.0147. The maximum Gasteiger partial charge on any atom is 0.255 e. The molecule has 6 nitrogen and oxygen atoms in total. The van der Waals surface area contributed by atoms with E-state index in [1.54, 1.807) is 11.3 Å². The molecule has 3 aromatic heterocycles. The number of aryl methyl sites for hydroxylation is 2. The van der Waals surface area contributed by atoms with Crippen LogP contribution in [0.15, 0.2) is 28.5 Å². The Bertz CT molecular complexity index is 941. The number of hydrogen-bond donors (Lipinski definition) is 1. The first-order valence-corrected chi connectivity index (χ1v) is 9.43. The van der Waals surface area contributed by atoms with E-state index in [0.29, 0.717) is 12.4 Å². The predicted octanol–water partition coefficient (Wildman–Crippen LogP) is 2.58. The van der Waals surface area contributed by atoms with Gasteiger partial charge in [0, 0.05) is 44.4 Å². The van der Waals surface area contributed by atoms with Gasteiger partial charge in [0.25, 0.3) is 5.56 Å². The molecule has 4 rings (SSSR count). The second-order valence-corrected chi connectivity index (χ2v) is 7.32. The molecular weight excluding hydrogens is 334 g/mol. The highest BCUT2D eigenvalue weighted by Gasteiger charge is 2.22. The number of rotatable bonds is 4. The first kappa shape index (κ1) is 16.2. The lowest BCUT2D eigenvalue weighted by molar-refractivity contribution is 0.241. The number of nitrogens with one attached hydrogen (secondary N) is 1. The number of nitrogens with zero attached hydrogens (tertiary/aromatic N) is 4. The molecule has 0 radical (unpaired) electrons. The smallest absolute Gasteiger partial charge is 0.255 e. The summed E-state index contributed by atoms with van der Waals surface area (Å²) < 4.78 is 1.96. The van der Waals surface area contributed by atoms with Crippen LogP contribution in [0, 0.1) is 6.92 Å². The van der Waals surface area contributed by atoms with E-state index in [0.717, 1.165) is 47.9 Å². The third-order valence-electron chi connectivity index (χ3n) is 4.67. The van der Waals surface area contributed by atoms with Gasteiger partial charge in [0.05, 0.1) is 21.8 Å². The second kappa shape index (κ2) is 6.57. The van der Waals surface area contributed by atoms with Crippen molar-refractivity contribution in [1.29, 1.82) is 0 Å². The molecule has 130 valence electrons. The molecule has 0 spiro atoms. The topological polar surface area (TPSA) is 66.8 Å². The number of aromatic nitrogens is 4. The van der Waals surface area contributed by atoms with Crippen molar-refractivity contribution >= 4 is 11.3 Å². The molecule has 1 N–H and O–H groups in total. The number of aromatic amines is 1. The molecule has 1 aliphatic heterocycles. The van der Waals surface area contributed by atoms with Gasteiger partial charge in [0.1, 0.15) is 0 Å². The first-order chi connectivity index (χ1) is 12.1. The Morgan fingerprint density at radius 2 is 2.28 bits per heavy atom. The molecule has 0 aromatic carbocycles. The summed E-state index contributed by atoms with van der Waals surface area (Å²) in [6.45, 7) is 7.37. The molecule has 0 saturated carbocycles. The molecule has 0 atom stereocenters. The van der Waals surface area contributed by atoms with Crippen molar-refractivity contribution in [2.24, 2.45) is 0 Å². The molecule has 0 aliphatic carbocycles. The number of hydrogen-bond acceptors (Lipinski definition) is 5. The van der Waals surface area contributed by atoms with Gasteiger partial charge in [-0.05, 0) is 25.3 Å². The summed E-state index contributed by atoms with van der Waals surface area (Å²) in [5.74, 6) is 0.687. The average Bonchev–Trinajstić information content (AvgIpc) is 3.26. The van der Waals surface area contributed by atoms with Crippen LogP contribution >= 0.6 is 11.3 Å². The molecule has 0 unspecified atom stereocenters. The summed E-state index contributed by atoms with van der Waals surface area (Å²) >= 11 is 1.59. The van der Waals surface area contributed by atoms with E-state index < -0.39 is 0 Å². The van der Waals surface area contributed by atoms with Crippen LogP contribution in [0.2, 0.25) is 0 Å². The van der Waals surface area contributed by atoms with Crippen LogP contribution in [0.3, 0.4) is 0 Å². The van der Waals surface area contributed by atoms with Crippen LogP contribution in [0.1, 0.15) is 29.4 Å². The molecule has 3 aromatic rings. The maximum atomic E-state index is 12.6. The van der Waals surface area contributed by atoms with Crippen molar-refractivity contribution in [1.82, 2.24) is 24.6 Å². The fraction of sp³-hybridized carbons (Fsp3) is 0.389. The van der Waals surface area contributed by atoms with E-state index >= 15 is 0 Å². The van der Waals surface area contributed by atoms with E-state index in [4.69, 9.17) is 4.98 Å². The van der Waals surface area contributed by atoms with Crippen LogP contribution in [-0.4, -0.2) is 31.2 Å². The Hall–Kier alpha value is -2.25. The lowest BCUT2D eigenvalue weighted by atomic mass is 10.1. The van der Waals surface area contributed by atoms with E-state index in [1.807, 2.05) is 29.1 Å². The monoisotopic (exact) mass is 355 g/mol. The molecule has 0 bridgehead atoms. The molecule has 0 saturated heterocycles. The second-order valence-electron chi connectivity index (χ2n) is 6.37. The lowest BCUT2D eigenvalue weighted by Gasteiger charge is -2.27. The van der Waals surface area contributed by atoms with Crippen LogP contribution in [0.4, 0.5) is 0 Å². The standard InChI is InChI=1S/C18H21N5OS/c1-3-23-10-13(12(2)21-23)9-22-7-6-15-14(11-22)18(24)20-17(19-15)16-5-4-8-25-16/h4-5,8,10H,3,6-7,9,11H2,1-2H3,(H,19,20,24). The highest BCUT2D eigenvalue weighted by atomic mass is 32.1. The summed E-state index contributed by atoms with van der Waals surface area (Å²) in [7, 11) is 0. The largest absolute Gasteiger partial charge is 0.306 e. The number of thiophene rings is 1. The molecule has 1 aliphatic rings. The van der Waals surface area contributed by atoms with Crippen molar-refractivity contribution < 1.29 is 0 Å². The lowest BCUT2D eigenvalue weighted by Crippen LogP contribution is -2.35. The Balaban J connectivity index is 1.57. The minimum absolute atomic E-state index is 0.0147. The normalized spacial score (nSPS) is 14.6.